The number of aryl methyl sites for hydroxylation is 1. The minimum absolute atomic E-state index is 0.0191. The Morgan fingerprint density at radius 2 is 1.82 bits per heavy atom. The highest BCUT2D eigenvalue weighted by atomic mass is 32.1. The van der Waals surface area contributed by atoms with Crippen LogP contribution in [0.15, 0.2) is 70.6 Å². The van der Waals surface area contributed by atoms with Gasteiger partial charge in [0.15, 0.2) is 0 Å². The van der Waals surface area contributed by atoms with Crippen LogP contribution in [0.5, 0.6) is 11.5 Å². The first kappa shape index (κ1) is 22.5. The van der Waals surface area contributed by atoms with Gasteiger partial charge in [0.1, 0.15) is 11.5 Å². The average molecular weight is 464 g/mol. The van der Waals surface area contributed by atoms with E-state index < -0.39 is 0 Å². The molecule has 8 heteroatoms. The molecule has 0 spiro atoms. The monoisotopic (exact) mass is 463 g/mol. The van der Waals surface area contributed by atoms with Crippen molar-refractivity contribution < 1.29 is 18.8 Å². The number of hydrogen-bond donors (Lipinski definition) is 0. The van der Waals surface area contributed by atoms with Gasteiger partial charge in [0, 0.05) is 29.0 Å². The molecule has 0 saturated carbocycles. The number of hydrogen-bond acceptors (Lipinski definition) is 7. The molecule has 2 heterocycles. The Hall–Kier alpha value is -3.65. The summed E-state index contributed by atoms with van der Waals surface area (Å²) in [5.41, 5.74) is 1.65. The predicted molar refractivity (Wildman–Crippen MR) is 128 cm³/mol. The lowest BCUT2D eigenvalue weighted by molar-refractivity contribution is -0.118. The first-order chi connectivity index (χ1) is 16.2. The van der Waals surface area contributed by atoms with Crippen LogP contribution in [-0.4, -0.2) is 29.8 Å². The van der Waals surface area contributed by atoms with Crippen LogP contribution in [0.1, 0.15) is 24.1 Å². The predicted octanol–water partition coefficient (Wildman–Crippen LogP) is 5.37. The molecule has 0 aliphatic rings. The second kappa shape index (κ2) is 10.8. The molecule has 0 aliphatic carbocycles. The summed E-state index contributed by atoms with van der Waals surface area (Å²) in [5, 5.41) is 6.07. The van der Waals surface area contributed by atoms with Crippen molar-refractivity contribution in [2.24, 2.45) is 0 Å². The standard InChI is InChI=1S/C25H25N3O4S/c1-3-31-21-10-6-18(7-11-21)25-26-23(32-27-25)14-15-24(29)28(17-22-5-4-16-33-22)19-8-12-20(30-2)13-9-19/h4-13,16H,3,14-15,17H2,1-2H3. The Morgan fingerprint density at radius 3 is 2.48 bits per heavy atom. The van der Waals surface area contributed by atoms with Crippen LogP contribution in [0, 0.1) is 0 Å². The van der Waals surface area contributed by atoms with Gasteiger partial charge >= 0.3 is 0 Å². The fourth-order valence-electron chi connectivity index (χ4n) is 3.33. The molecule has 0 aliphatic heterocycles. The summed E-state index contributed by atoms with van der Waals surface area (Å²) in [6.45, 7) is 3.06. The Morgan fingerprint density at radius 1 is 1.06 bits per heavy atom. The van der Waals surface area contributed by atoms with Gasteiger partial charge in [0.05, 0.1) is 20.3 Å². The van der Waals surface area contributed by atoms with Crippen LogP contribution in [0.3, 0.4) is 0 Å². The summed E-state index contributed by atoms with van der Waals surface area (Å²) in [4.78, 5) is 20.5. The summed E-state index contributed by atoms with van der Waals surface area (Å²) in [5.74, 6) is 2.44. The zero-order valence-electron chi connectivity index (χ0n) is 18.6. The summed E-state index contributed by atoms with van der Waals surface area (Å²) in [7, 11) is 1.62. The van der Waals surface area contributed by atoms with E-state index >= 15 is 0 Å². The summed E-state index contributed by atoms with van der Waals surface area (Å²) >= 11 is 1.62. The molecule has 4 aromatic rings. The molecular formula is C25H25N3O4S. The smallest absolute Gasteiger partial charge is 0.227 e. The lowest BCUT2D eigenvalue weighted by Gasteiger charge is -2.22. The van der Waals surface area contributed by atoms with E-state index in [4.69, 9.17) is 14.0 Å². The lowest BCUT2D eigenvalue weighted by atomic mass is 10.2. The maximum Gasteiger partial charge on any atom is 0.227 e. The highest BCUT2D eigenvalue weighted by molar-refractivity contribution is 7.09. The van der Waals surface area contributed by atoms with E-state index in [-0.39, 0.29) is 12.3 Å². The first-order valence-electron chi connectivity index (χ1n) is 10.7. The van der Waals surface area contributed by atoms with Crippen LogP contribution in [-0.2, 0) is 17.8 Å². The number of benzene rings is 2. The second-order valence-corrected chi connectivity index (χ2v) is 8.26. The molecular weight excluding hydrogens is 438 g/mol. The third-order valence-corrected chi connectivity index (χ3v) is 5.88. The molecule has 0 bridgehead atoms. The van der Waals surface area contributed by atoms with Gasteiger partial charge in [0.25, 0.3) is 0 Å². The van der Waals surface area contributed by atoms with E-state index in [2.05, 4.69) is 10.1 Å². The van der Waals surface area contributed by atoms with E-state index in [0.29, 0.717) is 31.3 Å². The largest absolute Gasteiger partial charge is 0.497 e. The zero-order valence-corrected chi connectivity index (χ0v) is 19.4. The molecule has 0 saturated heterocycles. The van der Waals surface area contributed by atoms with E-state index in [0.717, 1.165) is 27.6 Å². The van der Waals surface area contributed by atoms with Gasteiger partial charge < -0.3 is 18.9 Å². The topological polar surface area (TPSA) is 77.7 Å². The molecule has 4 rings (SSSR count). The van der Waals surface area contributed by atoms with Gasteiger partial charge in [-0.25, -0.2) is 0 Å². The van der Waals surface area contributed by atoms with Crippen molar-refractivity contribution in [1.82, 2.24) is 10.1 Å². The van der Waals surface area contributed by atoms with Crippen LogP contribution in [0.4, 0.5) is 5.69 Å². The van der Waals surface area contributed by atoms with Gasteiger partial charge in [-0.3, -0.25) is 4.79 Å². The maximum atomic E-state index is 13.2. The van der Waals surface area contributed by atoms with Gasteiger partial charge in [-0.15, -0.1) is 11.3 Å². The molecule has 2 aromatic heterocycles. The number of methoxy groups -OCH3 is 1. The van der Waals surface area contributed by atoms with Crippen molar-refractivity contribution in [3.8, 4) is 22.9 Å². The molecule has 2 aromatic carbocycles. The Balaban J connectivity index is 1.43. The molecule has 0 radical (unpaired) electrons. The van der Waals surface area contributed by atoms with Gasteiger partial charge in [-0.05, 0) is 66.9 Å². The van der Waals surface area contributed by atoms with Crippen molar-refractivity contribution in [1.29, 1.82) is 0 Å². The number of ether oxygens (including phenoxy) is 2. The van der Waals surface area contributed by atoms with Gasteiger partial charge in [-0.2, -0.15) is 4.98 Å². The summed E-state index contributed by atoms with van der Waals surface area (Å²) in [6, 6.07) is 19.0. The minimum Gasteiger partial charge on any atom is -0.497 e. The molecule has 7 nitrogen and oxygen atoms in total. The van der Waals surface area contributed by atoms with Crippen molar-refractivity contribution in [3.05, 3.63) is 76.8 Å². The number of rotatable bonds is 10. The van der Waals surface area contributed by atoms with Crippen molar-refractivity contribution >= 4 is 22.9 Å². The molecule has 0 atom stereocenters. The number of carbonyl (C=O) groups excluding carboxylic acids is 1. The van der Waals surface area contributed by atoms with Gasteiger partial charge in [-0.1, -0.05) is 11.2 Å². The Labute approximate surface area is 196 Å². The van der Waals surface area contributed by atoms with Gasteiger partial charge in [0.2, 0.25) is 17.6 Å². The molecule has 0 N–H and O–H groups in total. The van der Waals surface area contributed by atoms with Crippen LogP contribution in [0.25, 0.3) is 11.4 Å². The van der Waals surface area contributed by atoms with Crippen LogP contribution in [0.2, 0.25) is 0 Å². The third kappa shape index (κ3) is 5.78. The number of carbonyl (C=O) groups is 1. The fourth-order valence-corrected chi connectivity index (χ4v) is 4.03. The Kier molecular flexibility index (Phi) is 7.36. The highest BCUT2D eigenvalue weighted by Crippen LogP contribution is 2.24. The second-order valence-electron chi connectivity index (χ2n) is 7.23. The number of aromatic nitrogens is 2. The normalized spacial score (nSPS) is 10.7. The number of anilines is 1. The van der Waals surface area contributed by atoms with Crippen molar-refractivity contribution in [2.45, 2.75) is 26.3 Å². The molecule has 170 valence electrons. The molecule has 0 fully saturated rings. The first-order valence-corrected chi connectivity index (χ1v) is 11.6. The highest BCUT2D eigenvalue weighted by Gasteiger charge is 2.19. The van der Waals surface area contributed by atoms with Crippen LogP contribution < -0.4 is 14.4 Å². The Bertz CT molecular complexity index is 1160. The minimum atomic E-state index is -0.0191. The average Bonchev–Trinajstić information content (AvgIpc) is 3.54. The SMILES string of the molecule is CCOc1ccc(-c2noc(CCC(=O)N(Cc3cccs3)c3ccc(OC)cc3)n2)cc1. The summed E-state index contributed by atoms with van der Waals surface area (Å²) in [6.07, 6.45) is 0.613. The van der Waals surface area contributed by atoms with Crippen LogP contribution >= 0.6 is 11.3 Å². The van der Waals surface area contributed by atoms with Crippen molar-refractivity contribution in [3.63, 3.8) is 0 Å². The van der Waals surface area contributed by atoms with Crippen molar-refractivity contribution in [2.75, 3.05) is 18.6 Å². The zero-order chi connectivity index (χ0) is 23.0. The lowest BCUT2D eigenvalue weighted by Crippen LogP contribution is -2.30. The van der Waals surface area contributed by atoms with E-state index in [1.54, 1.807) is 23.3 Å². The fraction of sp³-hybridized carbons (Fsp3) is 0.240. The molecule has 1 amide bonds. The number of nitrogens with zero attached hydrogens (tertiary/aromatic N) is 3. The van der Waals surface area contributed by atoms with E-state index in [9.17, 15) is 4.79 Å². The molecule has 0 unspecified atom stereocenters. The maximum absolute atomic E-state index is 13.2. The third-order valence-electron chi connectivity index (χ3n) is 5.02. The van der Waals surface area contributed by atoms with E-state index in [1.165, 1.54) is 0 Å². The van der Waals surface area contributed by atoms with E-state index in [1.807, 2.05) is 73.0 Å². The summed E-state index contributed by atoms with van der Waals surface area (Å²) < 4.78 is 16.1. The quantitative estimate of drug-likeness (QED) is 0.315. The molecule has 33 heavy (non-hydrogen) atoms. The number of amides is 1. The number of thiophene rings is 1.